The first kappa shape index (κ1) is 18.2. The van der Waals surface area contributed by atoms with E-state index in [1.54, 1.807) is 0 Å². The molecule has 5 heteroatoms. The number of hydrogen-bond donors (Lipinski definition) is 1. The zero-order valence-electron chi connectivity index (χ0n) is 16.0. The molecule has 1 aliphatic heterocycles. The Morgan fingerprint density at radius 3 is 2.59 bits per heavy atom. The average Bonchev–Trinajstić information content (AvgIpc) is 3.25. The van der Waals surface area contributed by atoms with Gasteiger partial charge in [-0.15, -0.1) is 0 Å². The molecule has 1 aromatic carbocycles. The van der Waals surface area contributed by atoms with Gasteiger partial charge in [0.15, 0.2) is 0 Å². The highest BCUT2D eigenvalue weighted by Gasteiger charge is 2.31. The summed E-state index contributed by atoms with van der Waals surface area (Å²) >= 11 is 0. The predicted molar refractivity (Wildman–Crippen MR) is 106 cm³/mol. The van der Waals surface area contributed by atoms with Crippen molar-refractivity contribution in [1.29, 1.82) is 0 Å². The summed E-state index contributed by atoms with van der Waals surface area (Å²) in [5, 5.41) is 7.73. The molecule has 1 N–H and O–H groups in total. The van der Waals surface area contributed by atoms with Gasteiger partial charge >= 0.3 is 0 Å². The highest BCUT2D eigenvalue weighted by atomic mass is 16.2. The number of carbonyl (C=O) groups excluding carboxylic acids is 1. The first-order chi connectivity index (χ1) is 13.3. The van der Waals surface area contributed by atoms with E-state index < -0.39 is 0 Å². The van der Waals surface area contributed by atoms with E-state index in [1.165, 1.54) is 12.0 Å². The molecular weight excluding hydrogens is 336 g/mol. The maximum absolute atomic E-state index is 13.0. The molecule has 0 radical (unpaired) electrons. The Morgan fingerprint density at radius 1 is 1.04 bits per heavy atom. The van der Waals surface area contributed by atoms with E-state index in [0.717, 1.165) is 51.6 Å². The number of carbonyl (C=O) groups is 1. The lowest BCUT2D eigenvalue weighted by Gasteiger charge is -2.36. The number of nitrogens with one attached hydrogen (secondary N) is 1. The minimum absolute atomic E-state index is 0.0165. The summed E-state index contributed by atoms with van der Waals surface area (Å²) in [5.41, 5.74) is 1.29. The van der Waals surface area contributed by atoms with Gasteiger partial charge in [0.25, 0.3) is 0 Å². The Kier molecular flexibility index (Phi) is 5.87. The SMILES string of the molecule is O=C(NC1CCC(n2cccn2)CC1)C1CCCCN1Cc1ccccc1. The van der Waals surface area contributed by atoms with Gasteiger partial charge in [-0.25, -0.2) is 0 Å². The number of hydrogen-bond acceptors (Lipinski definition) is 3. The number of likely N-dealkylation sites (tertiary alicyclic amines) is 1. The van der Waals surface area contributed by atoms with Gasteiger partial charge in [0.2, 0.25) is 5.91 Å². The second kappa shape index (κ2) is 8.70. The van der Waals surface area contributed by atoms with Crippen LogP contribution in [0.4, 0.5) is 0 Å². The molecule has 2 fully saturated rings. The van der Waals surface area contributed by atoms with E-state index in [1.807, 2.05) is 24.5 Å². The second-order valence-corrected chi connectivity index (χ2v) is 7.97. The van der Waals surface area contributed by atoms with E-state index in [4.69, 9.17) is 0 Å². The van der Waals surface area contributed by atoms with Crippen molar-refractivity contribution in [2.45, 2.75) is 69.6 Å². The Bertz CT molecular complexity index is 707. The molecule has 0 bridgehead atoms. The van der Waals surface area contributed by atoms with E-state index in [2.05, 4.69) is 44.3 Å². The highest BCUT2D eigenvalue weighted by molar-refractivity contribution is 5.82. The van der Waals surface area contributed by atoms with Crippen molar-refractivity contribution in [2.24, 2.45) is 0 Å². The fourth-order valence-electron chi connectivity index (χ4n) is 4.57. The molecule has 5 nitrogen and oxygen atoms in total. The molecule has 4 rings (SSSR count). The molecule has 144 valence electrons. The maximum Gasteiger partial charge on any atom is 0.237 e. The zero-order chi connectivity index (χ0) is 18.5. The van der Waals surface area contributed by atoms with Gasteiger partial charge in [0.1, 0.15) is 0 Å². The Balaban J connectivity index is 1.31. The van der Waals surface area contributed by atoms with E-state index in [9.17, 15) is 4.79 Å². The van der Waals surface area contributed by atoms with Crippen molar-refractivity contribution in [3.05, 3.63) is 54.4 Å². The van der Waals surface area contributed by atoms with Crippen LogP contribution in [0.1, 0.15) is 56.6 Å². The first-order valence-corrected chi connectivity index (χ1v) is 10.4. The summed E-state index contributed by atoms with van der Waals surface area (Å²) in [4.78, 5) is 15.4. The van der Waals surface area contributed by atoms with Crippen LogP contribution in [0.15, 0.2) is 48.8 Å². The number of piperidine rings is 1. The topological polar surface area (TPSA) is 50.2 Å². The molecule has 1 amide bonds. The molecule has 0 spiro atoms. The van der Waals surface area contributed by atoms with Crippen molar-refractivity contribution in [3.8, 4) is 0 Å². The van der Waals surface area contributed by atoms with Gasteiger partial charge in [-0.2, -0.15) is 5.10 Å². The normalized spacial score (nSPS) is 26.6. The second-order valence-electron chi connectivity index (χ2n) is 7.97. The van der Waals surface area contributed by atoms with Gasteiger partial charge in [0, 0.05) is 25.0 Å². The summed E-state index contributed by atoms with van der Waals surface area (Å²) in [6, 6.07) is 13.3. The molecule has 1 saturated heterocycles. The van der Waals surface area contributed by atoms with E-state index in [0.29, 0.717) is 12.1 Å². The van der Waals surface area contributed by atoms with Crippen molar-refractivity contribution < 1.29 is 4.79 Å². The highest BCUT2D eigenvalue weighted by Crippen LogP contribution is 2.28. The van der Waals surface area contributed by atoms with E-state index in [-0.39, 0.29) is 11.9 Å². The molecule has 1 aromatic heterocycles. The largest absolute Gasteiger partial charge is 0.352 e. The van der Waals surface area contributed by atoms with Crippen LogP contribution in [0.2, 0.25) is 0 Å². The van der Waals surface area contributed by atoms with Crippen molar-refractivity contribution in [2.75, 3.05) is 6.54 Å². The maximum atomic E-state index is 13.0. The standard InChI is InChI=1S/C22H30N4O/c27-22(24-19-10-12-20(13-11-19)26-16-6-14-23-26)21-9-4-5-15-25(21)17-18-7-2-1-3-8-18/h1-3,6-8,14,16,19-21H,4-5,9-13,15,17H2,(H,24,27). The molecule has 1 unspecified atom stereocenters. The van der Waals surface area contributed by atoms with Crippen LogP contribution in [0.5, 0.6) is 0 Å². The third-order valence-corrected chi connectivity index (χ3v) is 6.09. The van der Waals surface area contributed by atoms with Crippen molar-refractivity contribution in [3.63, 3.8) is 0 Å². The quantitative estimate of drug-likeness (QED) is 0.881. The molecule has 2 heterocycles. The Morgan fingerprint density at radius 2 is 1.85 bits per heavy atom. The van der Waals surface area contributed by atoms with Gasteiger partial charge in [-0.05, 0) is 56.7 Å². The number of benzene rings is 1. The third-order valence-electron chi connectivity index (χ3n) is 6.09. The molecule has 2 aliphatic rings. The number of rotatable bonds is 5. The van der Waals surface area contributed by atoms with Crippen LogP contribution < -0.4 is 5.32 Å². The number of amides is 1. The third kappa shape index (κ3) is 4.59. The molecule has 27 heavy (non-hydrogen) atoms. The molecule has 1 saturated carbocycles. The molecule has 1 atom stereocenters. The Hall–Kier alpha value is -2.14. The summed E-state index contributed by atoms with van der Waals surface area (Å²) in [6.45, 7) is 1.88. The van der Waals surface area contributed by atoms with Crippen LogP contribution >= 0.6 is 0 Å². The van der Waals surface area contributed by atoms with Gasteiger partial charge < -0.3 is 5.32 Å². The average molecular weight is 367 g/mol. The molecule has 2 aromatic rings. The molecule has 1 aliphatic carbocycles. The van der Waals surface area contributed by atoms with Crippen LogP contribution in [0.25, 0.3) is 0 Å². The minimum atomic E-state index is 0.0165. The predicted octanol–water partition coefficient (Wildman–Crippen LogP) is 3.54. The summed E-state index contributed by atoms with van der Waals surface area (Å²) < 4.78 is 2.07. The molecular formula is C22H30N4O. The minimum Gasteiger partial charge on any atom is -0.352 e. The van der Waals surface area contributed by atoms with Crippen molar-refractivity contribution in [1.82, 2.24) is 20.0 Å². The number of aromatic nitrogens is 2. The summed E-state index contributed by atoms with van der Waals surface area (Å²) in [7, 11) is 0. The lowest BCUT2D eigenvalue weighted by atomic mass is 9.90. The summed E-state index contributed by atoms with van der Waals surface area (Å²) in [6.07, 6.45) is 11.5. The first-order valence-electron chi connectivity index (χ1n) is 10.4. The van der Waals surface area contributed by atoms with Gasteiger partial charge in [0.05, 0.1) is 12.1 Å². The lowest BCUT2D eigenvalue weighted by Crippen LogP contribution is -2.51. The van der Waals surface area contributed by atoms with Crippen LogP contribution in [0, 0.1) is 0 Å². The van der Waals surface area contributed by atoms with Crippen LogP contribution in [-0.4, -0.2) is 39.2 Å². The van der Waals surface area contributed by atoms with Gasteiger partial charge in [-0.3, -0.25) is 14.4 Å². The number of nitrogens with zero attached hydrogens (tertiary/aromatic N) is 3. The van der Waals surface area contributed by atoms with Crippen LogP contribution in [-0.2, 0) is 11.3 Å². The fraction of sp³-hybridized carbons (Fsp3) is 0.545. The summed E-state index contributed by atoms with van der Waals surface area (Å²) in [5.74, 6) is 0.230. The Labute approximate surface area is 161 Å². The van der Waals surface area contributed by atoms with Gasteiger partial charge in [-0.1, -0.05) is 36.8 Å². The van der Waals surface area contributed by atoms with Crippen molar-refractivity contribution >= 4 is 5.91 Å². The zero-order valence-corrected chi connectivity index (χ0v) is 16.0. The van der Waals surface area contributed by atoms with Crippen LogP contribution in [0.3, 0.4) is 0 Å². The fourth-order valence-corrected chi connectivity index (χ4v) is 4.57. The lowest BCUT2D eigenvalue weighted by molar-refractivity contribution is -0.128. The monoisotopic (exact) mass is 366 g/mol. The smallest absolute Gasteiger partial charge is 0.237 e. The van der Waals surface area contributed by atoms with E-state index >= 15 is 0 Å².